The van der Waals surface area contributed by atoms with Gasteiger partial charge in [0.2, 0.25) is 5.91 Å². The van der Waals surface area contributed by atoms with Crippen LogP contribution in [0.2, 0.25) is 5.02 Å². The predicted octanol–water partition coefficient (Wildman–Crippen LogP) is 5.11. The molecule has 2 N–H and O–H groups in total. The molecule has 3 aromatic carbocycles. The maximum Gasteiger partial charge on any atom is 0.416 e. The van der Waals surface area contributed by atoms with E-state index in [-0.39, 0.29) is 31.3 Å². The minimum Gasteiger partial charge on any atom is -0.354 e. The first kappa shape index (κ1) is 23.3. The van der Waals surface area contributed by atoms with Crippen LogP contribution in [-0.2, 0) is 17.4 Å². The van der Waals surface area contributed by atoms with E-state index in [1.54, 1.807) is 48.5 Å². The first-order chi connectivity index (χ1) is 15.2. The molecular formula is C24H20ClF3N2O2. The summed E-state index contributed by atoms with van der Waals surface area (Å²) in [5.74, 6) is -0.517. The van der Waals surface area contributed by atoms with Gasteiger partial charge in [0.1, 0.15) is 0 Å². The molecule has 0 bridgehead atoms. The molecule has 0 unspecified atom stereocenters. The summed E-state index contributed by atoms with van der Waals surface area (Å²) in [5.41, 5.74) is 1.67. The molecular weight excluding hydrogens is 441 g/mol. The summed E-state index contributed by atoms with van der Waals surface area (Å²) in [6.07, 6.45) is -4.19. The van der Waals surface area contributed by atoms with E-state index in [4.69, 9.17) is 11.6 Å². The highest BCUT2D eigenvalue weighted by molar-refractivity contribution is 6.30. The van der Waals surface area contributed by atoms with Gasteiger partial charge in [0.15, 0.2) is 0 Å². The molecule has 4 nitrogen and oxygen atoms in total. The zero-order chi connectivity index (χ0) is 23.1. The van der Waals surface area contributed by atoms with Gasteiger partial charge < -0.3 is 10.6 Å². The van der Waals surface area contributed by atoms with Crippen molar-refractivity contribution in [3.05, 3.63) is 94.5 Å². The van der Waals surface area contributed by atoms with Crippen LogP contribution in [0.15, 0.2) is 72.8 Å². The Kier molecular flexibility index (Phi) is 7.53. The van der Waals surface area contributed by atoms with Crippen molar-refractivity contribution in [2.24, 2.45) is 0 Å². The second-order valence-electron chi connectivity index (χ2n) is 7.07. The molecule has 8 heteroatoms. The van der Waals surface area contributed by atoms with Crippen molar-refractivity contribution in [3.8, 4) is 11.1 Å². The quantitative estimate of drug-likeness (QED) is 0.481. The Balaban J connectivity index is 1.50. The molecule has 0 aliphatic rings. The molecule has 32 heavy (non-hydrogen) atoms. The highest BCUT2D eigenvalue weighted by atomic mass is 35.5. The van der Waals surface area contributed by atoms with Gasteiger partial charge in [0.05, 0.1) is 12.0 Å². The molecule has 0 atom stereocenters. The molecule has 166 valence electrons. The Morgan fingerprint density at radius 3 is 2.12 bits per heavy atom. The van der Waals surface area contributed by atoms with Crippen LogP contribution in [0.5, 0.6) is 0 Å². The van der Waals surface area contributed by atoms with Gasteiger partial charge >= 0.3 is 6.18 Å². The highest BCUT2D eigenvalue weighted by Gasteiger charge is 2.29. The first-order valence-corrected chi connectivity index (χ1v) is 10.2. The smallest absolute Gasteiger partial charge is 0.354 e. The Morgan fingerprint density at radius 2 is 1.47 bits per heavy atom. The van der Waals surface area contributed by atoms with Gasteiger partial charge in [-0.25, -0.2) is 0 Å². The third-order valence-electron chi connectivity index (χ3n) is 4.68. The maximum atomic E-state index is 12.7. The fraction of sp³-hybridized carbons (Fsp3) is 0.167. The Morgan fingerprint density at radius 1 is 0.812 bits per heavy atom. The monoisotopic (exact) mass is 460 g/mol. The van der Waals surface area contributed by atoms with Crippen LogP contribution in [0.1, 0.15) is 21.5 Å². The van der Waals surface area contributed by atoms with Crippen molar-refractivity contribution in [1.82, 2.24) is 10.6 Å². The number of amides is 2. The van der Waals surface area contributed by atoms with E-state index >= 15 is 0 Å². The standard InChI is InChI=1S/C24H20ClF3N2O2/c25-21-10-4-16(5-11-21)14-22(31)29-12-13-30-23(32)19-3-1-2-18(15-19)17-6-8-20(9-7-17)24(26,27)28/h1-11,15H,12-14H2,(H,29,31)(H,30,32). The van der Waals surface area contributed by atoms with E-state index in [2.05, 4.69) is 10.6 Å². The van der Waals surface area contributed by atoms with Crippen LogP contribution >= 0.6 is 11.6 Å². The summed E-state index contributed by atoms with van der Waals surface area (Å²) >= 11 is 5.82. The lowest BCUT2D eigenvalue weighted by Gasteiger charge is -2.10. The van der Waals surface area contributed by atoms with Crippen LogP contribution in [0.25, 0.3) is 11.1 Å². The molecule has 0 saturated carbocycles. The predicted molar refractivity (Wildman–Crippen MR) is 117 cm³/mol. The van der Waals surface area contributed by atoms with E-state index in [1.165, 1.54) is 12.1 Å². The van der Waals surface area contributed by atoms with E-state index in [9.17, 15) is 22.8 Å². The molecule has 0 spiro atoms. The average molecular weight is 461 g/mol. The van der Waals surface area contributed by atoms with Crippen LogP contribution in [0, 0.1) is 0 Å². The van der Waals surface area contributed by atoms with Crippen molar-refractivity contribution in [2.45, 2.75) is 12.6 Å². The van der Waals surface area contributed by atoms with Gasteiger partial charge in [-0.2, -0.15) is 13.2 Å². The maximum absolute atomic E-state index is 12.7. The Labute approximate surface area is 188 Å². The number of alkyl halides is 3. The molecule has 0 saturated heterocycles. The third kappa shape index (κ3) is 6.59. The lowest BCUT2D eigenvalue weighted by atomic mass is 10.0. The lowest BCUT2D eigenvalue weighted by Crippen LogP contribution is -2.35. The lowest BCUT2D eigenvalue weighted by molar-refractivity contribution is -0.137. The fourth-order valence-corrected chi connectivity index (χ4v) is 3.15. The molecule has 0 fully saturated rings. The zero-order valence-corrected chi connectivity index (χ0v) is 17.6. The number of carbonyl (C=O) groups excluding carboxylic acids is 2. The number of hydrogen-bond donors (Lipinski definition) is 2. The molecule has 2 amide bonds. The van der Waals surface area contributed by atoms with Crippen molar-refractivity contribution in [3.63, 3.8) is 0 Å². The minimum absolute atomic E-state index is 0.175. The molecule has 0 aliphatic heterocycles. The average Bonchev–Trinajstić information content (AvgIpc) is 2.78. The summed E-state index contributed by atoms with van der Waals surface area (Å²) in [6, 6.07) is 18.3. The second-order valence-corrected chi connectivity index (χ2v) is 7.50. The van der Waals surface area contributed by atoms with Crippen LogP contribution in [0.3, 0.4) is 0 Å². The summed E-state index contributed by atoms with van der Waals surface area (Å²) in [5, 5.41) is 6.04. The van der Waals surface area contributed by atoms with Crippen molar-refractivity contribution >= 4 is 23.4 Å². The molecule has 0 aromatic heterocycles. The van der Waals surface area contributed by atoms with Crippen molar-refractivity contribution in [2.75, 3.05) is 13.1 Å². The summed E-state index contributed by atoms with van der Waals surface area (Å²) in [6.45, 7) is 0.493. The second kappa shape index (κ2) is 10.3. The van der Waals surface area contributed by atoms with Gasteiger partial charge in [-0.05, 0) is 53.1 Å². The Bertz CT molecular complexity index is 1080. The summed E-state index contributed by atoms with van der Waals surface area (Å²) < 4.78 is 38.2. The van der Waals surface area contributed by atoms with E-state index in [0.29, 0.717) is 21.7 Å². The van der Waals surface area contributed by atoms with Crippen LogP contribution in [0.4, 0.5) is 13.2 Å². The highest BCUT2D eigenvalue weighted by Crippen LogP contribution is 2.31. The number of carbonyl (C=O) groups is 2. The largest absolute Gasteiger partial charge is 0.416 e. The molecule has 3 rings (SSSR count). The van der Waals surface area contributed by atoms with E-state index in [0.717, 1.165) is 17.7 Å². The van der Waals surface area contributed by atoms with Crippen molar-refractivity contribution < 1.29 is 22.8 Å². The van der Waals surface area contributed by atoms with Gasteiger partial charge in [0.25, 0.3) is 5.91 Å². The zero-order valence-electron chi connectivity index (χ0n) is 16.9. The normalized spacial score (nSPS) is 11.1. The number of benzene rings is 3. The van der Waals surface area contributed by atoms with Gasteiger partial charge in [0, 0.05) is 23.7 Å². The number of hydrogen-bond acceptors (Lipinski definition) is 2. The van der Waals surface area contributed by atoms with Crippen molar-refractivity contribution in [1.29, 1.82) is 0 Å². The third-order valence-corrected chi connectivity index (χ3v) is 4.93. The Hall–Kier alpha value is -3.32. The molecule has 3 aromatic rings. The number of rotatable bonds is 7. The van der Waals surface area contributed by atoms with Gasteiger partial charge in [-0.15, -0.1) is 0 Å². The first-order valence-electron chi connectivity index (χ1n) is 9.79. The van der Waals surface area contributed by atoms with Gasteiger partial charge in [-0.3, -0.25) is 9.59 Å². The number of halogens is 4. The number of nitrogens with one attached hydrogen (secondary N) is 2. The van der Waals surface area contributed by atoms with Crippen LogP contribution < -0.4 is 10.6 Å². The van der Waals surface area contributed by atoms with Crippen LogP contribution in [-0.4, -0.2) is 24.9 Å². The fourth-order valence-electron chi connectivity index (χ4n) is 3.02. The molecule has 0 radical (unpaired) electrons. The van der Waals surface area contributed by atoms with E-state index in [1.807, 2.05) is 0 Å². The van der Waals surface area contributed by atoms with Gasteiger partial charge in [-0.1, -0.05) is 48.0 Å². The van der Waals surface area contributed by atoms with E-state index < -0.39 is 11.7 Å². The molecule has 0 heterocycles. The topological polar surface area (TPSA) is 58.2 Å². The SMILES string of the molecule is O=C(Cc1ccc(Cl)cc1)NCCNC(=O)c1cccc(-c2ccc(C(F)(F)F)cc2)c1. The minimum atomic E-state index is -4.40. The summed E-state index contributed by atoms with van der Waals surface area (Å²) in [4.78, 5) is 24.4. The molecule has 0 aliphatic carbocycles. The summed E-state index contributed by atoms with van der Waals surface area (Å²) in [7, 11) is 0.